The Hall–Kier alpha value is -1.02. The molecule has 1 N–H and O–H groups in total. The molecule has 0 radical (unpaired) electrons. The number of aliphatic hydroxyl groups is 1. The van der Waals surface area contributed by atoms with Gasteiger partial charge in [0.25, 0.3) is 0 Å². The topological polar surface area (TPSA) is 29.5 Å². The fourth-order valence-electron chi connectivity index (χ4n) is 1.41. The van der Waals surface area contributed by atoms with E-state index in [2.05, 4.69) is 19.1 Å². The van der Waals surface area contributed by atoms with Gasteiger partial charge in [0.05, 0.1) is 6.61 Å². The van der Waals surface area contributed by atoms with Gasteiger partial charge in [-0.2, -0.15) is 0 Å². The Kier molecular flexibility index (Phi) is 5.19. The molecule has 84 valence electrons. The fraction of sp³-hybridized carbons (Fsp3) is 0.538. The normalized spacial score (nSPS) is 12.5. The average molecular weight is 208 g/mol. The summed E-state index contributed by atoms with van der Waals surface area (Å²) in [6, 6.07) is 8.12. The molecule has 2 nitrogen and oxygen atoms in total. The highest BCUT2D eigenvalue weighted by atomic mass is 16.5. The van der Waals surface area contributed by atoms with Crippen LogP contribution in [0.5, 0.6) is 5.75 Å². The van der Waals surface area contributed by atoms with Crippen molar-refractivity contribution >= 4 is 0 Å². The number of hydrogen-bond donors (Lipinski definition) is 1. The monoisotopic (exact) mass is 208 g/mol. The highest BCUT2D eigenvalue weighted by Gasteiger charge is 2.01. The van der Waals surface area contributed by atoms with E-state index in [1.807, 2.05) is 19.1 Å². The molecular weight excluding hydrogens is 188 g/mol. The zero-order valence-electron chi connectivity index (χ0n) is 9.57. The van der Waals surface area contributed by atoms with Gasteiger partial charge in [0.1, 0.15) is 5.75 Å². The van der Waals surface area contributed by atoms with Gasteiger partial charge >= 0.3 is 0 Å². The van der Waals surface area contributed by atoms with E-state index >= 15 is 0 Å². The summed E-state index contributed by atoms with van der Waals surface area (Å²) in [6.07, 6.45) is 1.95. The summed E-state index contributed by atoms with van der Waals surface area (Å²) in [5, 5.41) is 8.94. The van der Waals surface area contributed by atoms with Crippen molar-refractivity contribution in [2.75, 3.05) is 13.2 Å². The lowest BCUT2D eigenvalue weighted by Crippen LogP contribution is -2.04. The smallest absolute Gasteiger partial charge is 0.119 e. The minimum absolute atomic E-state index is 0.244. The zero-order valence-corrected chi connectivity index (χ0v) is 9.57. The van der Waals surface area contributed by atoms with E-state index in [9.17, 15) is 0 Å². The Bertz CT molecular complexity index is 266. The van der Waals surface area contributed by atoms with Gasteiger partial charge in [-0.15, -0.1) is 0 Å². The van der Waals surface area contributed by atoms with Crippen LogP contribution in [0.3, 0.4) is 0 Å². The Labute approximate surface area is 91.9 Å². The van der Waals surface area contributed by atoms with Gasteiger partial charge in [-0.05, 0) is 36.5 Å². The molecule has 0 saturated heterocycles. The molecule has 0 heterocycles. The van der Waals surface area contributed by atoms with Crippen LogP contribution in [-0.4, -0.2) is 18.3 Å². The summed E-state index contributed by atoms with van der Waals surface area (Å²) < 4.78 is 5.49. The largest absolute Gasteiger partial charge is 0.494 e. The first-order valence-corrected chi connectivity index (χ1v) is 5.58. The van der Waals surface area contributed by atoms with E-state index in [1.54, 1.807) is 0 Å². The van der Waals surface area contributed by atoms with Crippen LogP contribution < -0.4 is 4.74 Å². The van der Waals surface area contributed by atoms with Crippen LogP contribution >= 0.6 is 0 Å². The second kappa shape index (κ2) is 6.46. The van der Waals surface area contributed by atoms with Crippen LogP contribution in [0.15, 0.2) is 24.3 Å². The van der Waals surface area contributed by atoms with Crippen molar-refractivity contribution in [3.63, 3.8) is 0 Å². The van der Waals surface area contributed by atoms with Gasteiger partial charge in [-0.3, -0.25) is 0 Å². The van der Waals surface area contributed by atoms with Crippen molar-refractivity contribution in [2.45, 2.75) is 26.7 Å². The van der Waals surface area contributed by atoms with Gasteiger partial charge in [0.15, 0.2) is 0 Å². The Morgan fingerprint density at radius 1 is 1.27 bits per heavy atom. The van der Waals surface area contributed by atoms with E-state index in [0.717, 1.165) is 25.2 Å². The fourth-order valence-corrected chi connectivity index (χ4v) is 1.41. The number of rotatable bonds is 6. The zero-order chi connectivity index (χ0) is 11.1. The molecule has 1 rings (SSSR count). The van der Waals surface area contributed by atoms with E-state index in [4.69, 9.17) is 9.84 Å². The lowest BCUT2D eigenvalue weighted by Gasteiger charge is -2.09. The first-order chi connectivity index (χ1) is 7.26. The maximum atomic E-state index is 8.94. The van der Waals surface area contributed by atoms with Crippen molar-refractivity contribution in [1.82, 2.24) is 0 Å². The summed E-state index contributed by atoms with van der Waals surface area (Å²) in [5.74, 6) is 1.25. The van der Waals surface area contributed by atoms with Gasteiger partial charge in [0, 0.05) is 6.61 Å². The molecule has 0 aliphatic carbocycles. The molecule has 0 spiro atoms. The average Bonchev–Trinajstić information content (AvgIpc) is 2.28. The van der Waals surface area contributed by atoms with Crippen LogP contribution in [0.4, 0.5) is 0 Å². The molecule has 0 fully saturated rings. The SMILES string of the molecule is CCCOc1ccc(CC(C)CO)cc1. The lowest BCUT2D eigenvalue weighted by molar-refractivity contribution is 0.237. The molecule has 2 heteroatoms. The van der Waals surface area contributed by atoms with Gasteiger partial charge in [0.2, 0.25) is 0 Å². The molecule has 0 saturated carbocycles. The van der Waals surface area contributed by atoms with Crippen molar-refractivity contribution in [1.29, 1.82) is 0 Å². The molecule has 15 heavy (non-hydrogen) atoms. The Morgan fingerprint density at radius 2 is 1.93 bits per heavy atom. The van der Waals surface area contributed by atoms with Crippen LogP contribution in [0, 0.1) is 5.92 Å². The molecule has 0 amide bonds. The van der Waals surface area contributed by atoms with E-state index in [0.29, 0.717) is 5.92 Å². The minimum Gasteiger partial charge on any atom is -0.494 e. The predicted molar refractivity (Wildman–Crippen MR) is 62.2 cm³/mol. The maximum absolute atomic E-state index is 8.94. The number of benzene rings is 1. The van der Waals surface area contributed by atoms with E-state index in [1.165, 1.54) is 5.56 Å². The molecule has 1 unspecified atom stereocenters. The molecule has 0 bridgehead atoms. The summed E-state index contributed by atoms with van der Waals surface area (Å²) in [7, 11) is 0. The highest BCUT2D eigenvalue weighted by molar-refractivity contribution is 5.27. The predicted octanol–water partition coefficient (Wildman–Crippen LogP) is 2.65. The molecule has 0 aliphatic heterocycles. The quantitative estimate of drug-likeness (QED) is 0.778. The third-order valence-corrected chi connectivity index (χ3v) is 2.29. The molecular formula is C13H20O2. The standard InChI is InChI=1S/C13H20O2/c1-3-8-15-13-6-4-12(5-7-13)9-11(2)10-14/h4-7,11,14H,3,8-10H2,1-2H3. The highest BCUT2D eigenvalue weighted by Crippen LogP contribution is 2.15. The van der Waals surface area contributed by atoms with E-state index in [-0.39, 0.29) is 6.61 Å². The molecule has 1 aromatic rings. The van der Waals surface area contributed by atoms with Crippen molar-refractivity contribution < 1.29 is 9.84 Å². The third-order valence-electron chi connectivity index (χ3n) is 2.29. The number of hydrogen-bond acceptors (Lipinski definition) is 2. The van der Waals surface area contributed by atoms with Gasteiger partial charge in [-0.25, -0.2) is 0 Å². The Balaban J connectivity index is 2.48. The molecule has 0 aromatic heterocycles. The first-order valence-electron chi connectivity index (χ1n) is 5.58. The summed E-state index contributed by atoms with van der Waals surface area (Å²) >= 11 is 0. The summed E-state index contributed by atoms with van der Waals surface area (Å²) in [6.45, 7) is 5.15. The van der Waals surface area contributed by atoms with Crippen molar-refractivity contribution in [2.24, 2.45) is 5.92 Å². The van der Waals surface area contributed by atoms with Crippen LogP contribution in [0.1, 0.15) is 25.8 Å². The summed E-state index contributed by atoms with van der Waals surface area (Å²) in [5.41, 5.74) is 1.25. The Morgan fingerprint density at radius 3 is 2.47 bits per heavy atom. The lowest BCUT2D eigenvalue weighted by atomic mass is 10.0. The third kappa shape index (κ3) is 4.34. The van der Waals surface area contributed by atoms with Crippen LogP contribution in [0.2, 0.25) is 0 Å². The second-order valence-electron chi connectivity index (χ2n) is 3.98. The number of ether oxygens (including phenoxy) is 1. The molecule has 0 aliphatic rings. The van der Waals surface area contributed by atoms with Crippen LogP contribution in [0.25, 0.3) is 0 Å². The minimum atomic E-state index is 0.244. The van der Waals surface area contributed by atoms with Gasteiger partial charge < -0.3 is 9.84 Å². The number of aliphatic hydroxyl groups excluding tert-OH is 1. The second-order valence-corrected chi connectivity index (χ2v) is 3.98. The van der Waals surface area contributed by atoms with E-state index < -0.39 is 0 Å². The van der Waals surface area contributed by atoms with Crippen molar-refractivity contribution in [3.05, 3.63) is 29.8 Å². The molecule has 1 aromatic carbocycles. The molecule has 1 atom stereocenters. The first kappa shape index (κ1) is 12.1. The maximum Gasteiger partial charge on any atom is 0.119 e. The van der Waals surface area contributed by atoms with Crippen molar-refractivity contribution in [3.8, 4) is 5.75 Å². The summed E-state index contributed by atoms with van der Waals surface area (Å²) in [4.78, 5) is 0. The van der Waals surface area contributed by atoms with Gasteiger partial charge in [-0.1, -0.05) is 26.0 Å². The van der Waals surface area contributed by atoms with Crippen LogP contribution in [-0.2, 0) is 6.42 Å².